The molecule has 0 radical (unpaired) electrons. The molecule has 0 aliphatic heterocycles. The van der Waals surface area contributed by atoms with Gasteiger partial charge in [-0.1, -0.05) is 17.7 Å². The number of rotatable bonds is 3. The minimum atomic E-state index is 0.574. The molecule has 1 heterocycles. The number of hydrogen-bond donors (Lipinski definition) is 1. The van der Waals surface area contributed by atoms with E-state index in [0.717, 1.165) is 17.1 Å². The van der Waals surface area contributed by atoms with Crippen LogP contribution in [0.5, 0.6) is 0 Å². The smallest absolute Gasteiger partial charge is 0.0992 e. The second kappa shape index (κ2) is 5.11. The van der Waals surface area contributed by atoms with Crippen molar-refractivity contribution in [1.29, 1.82) is 5.26 Å². The summed E-state index contributed by atoms with van der Waals surface area (Å²) in [5, 5.41) is 17.0. The highest BCUT2D eigenvalue weighted by Gasteiger charge is 2.10. The molecule has 0 fully saturated rings. The maximum Gasteiger partial charge on any atom is 0.0992 e. The number of nitrogens with zero attached hydrogens (tertiary/aromatic N) is 3. The molecule has 1 aromatic heterocycles. The third-order valence-corrected chi connectivity index (χ3v) is 3.20. The molecule has 2 rings (SSSR count). The quantitative estimate of drug-likeness (QED) is 0.923. The van der Waals surface area contributed by atoms with Gasteiger partial charge in [0.15, 0.2) is 0 Å². The first-order chi connectivity index (χ1) is 8.61. The molecule has 1 N–H and O–H groups in total. The fourth-order valence-electron chi connectivity index (χ4n) is 1.76. The number of anilines is 1. The number of nitriles is 1. The van der Waals surface area contributed by atoms with Crippen molar-refractivity contribution in [3.05, 3.63) is 46.2 Å². The number of benzene rings is 1. The van der Waals surface area contributed by atoms with Crippen LogP contribution in [0.25, 0.3) is 0 Å². The Morgan fingerprint density at radius 1 is 1.50 bits per heavy atom. The van der Waals surface area contributed by atoms with Crippen molar-refractivity contribution < 1.29 is 0 Å². The number of hydrogen-bond acceptors (Lipinski definition) is 3. The van der Waals surface area contributed by atoms with Crippen molar-refractivity contribution in [1.82, 2.24) is 9.78 Å². The fraction of sp³-hybridized carbons (Fsp3) is 0.231. The average Bonchev–Trinajstić information content (AvgIpc) is 2.61. The van der Waals surface area contributed by atoms with Crippen molar-refractivity contribution in [2.75, 3.05) is 5.32 Å². The predicted octanol–water partition coefficient (Wildman–Crippen LogP) is 2.87. The van der Waals surface area contributed by atoms with E-state index in [1.807, 2.05) is 26.1 Å². The van der Waals surface area contributed by atoms with E-state index in [9.17, 15) is 0 Å². The summed E-state index contributed by atoms with van der Waals surface area (Å²) in [6.07, 6.45) is 0. The number of aryl methyl sites for hydroxylation is 2. The molecule has 0 saturated carbocycles. The largest absolute Gasteiger partial charge is 0.379 e. The molecule has 0 atom stereocenters. The second-order valence-corrected chi connectivity index (χ2v) is 4.39. The predicted molar refractivity (Wildman–Crippen MR) is 71.4 cm³/mol. The van der Waals surface area contributed by atoms with Gasteiger partial charge in [0.25, 0.3) is 0 Å². The van der Waals surface area contributed by atoms with Crippen molar-refractivity contribution in [2.24, 2.45) is 7.05 Å². The van der Waals surface area contributed by atoms with Gasteiger partial charge in [0, 0.05) is 12.7 Å². The Hall–Kier alpha value is -1.99. The molecule has 0 aliphatic carbocycles. The molecule has 18 heavy (non-hydrogen) atoms. The van der Waals surface area contributed by atoms with E-state index in [1.54, 1.807) is 16.8 Å². The van der Waals surface area contributed by atoms with Crippen LogP contribution in [0.4, 0.5) is 5.69 Å². The normalized spacial score (nSPS) is 10.1. The molecule has 0 amide bonds. The zero-order valence-corrected chi connectivity index (χ0v) is 11.0. The van der Waals surface area contributed by atoms with Gasteiger partial charge in [-0.05, 0) is 25.1 Å². The summed E-state index contributed by atoms with van der Waals surface area (Å²) >= 11 is 6.16. The van der Waals surface area contributed by atoms with Crippen LogP contribution in [0.2, 0.25) is 5.02 Å². The van der Waals surface area contributed by atoms with Gasteiger partial charge in [0.05, 0.1) is 34.6 Å². The maximum absolute atomic E-state index is 8.83. The Balaban J connectivity index is 2.14. The maximum atomic E-state index is 8.83. The van der Waals surface area contributed by atoms with Gasteiger partial charge in [-0.25, -0.2) is 0 Å². The van der Waals surface area contributed by atoms with Crippen LogP contribution in [0.3, 0.4) is 0 Å². The number of aromatic nitrogens is 2. The lowest BCUT2D eigenvalue weighted by molar-refractivity contribution is 0.713. The molecule has 0 saturated heterocycles. The Bertz CT molecular complexity index is 610. The first-order valence-corrected chi connectivity index (χ1v) is 5.91. The number of nitrogens with one attached hydrogen (secondary N) is 1. The summed E-state index contributed by atoms with van der Waals surface area (Å²) in [6.45, 7) is 2.45. The lowest BCUT2D eigenvalue weighted by Gasteiger charge is -2.07. The first-order valence-electron chi connectivity index (χ1n) is 5.54. The number of halogens is 1. The summed E-state index contributed by atoms with van der Waals surface area (Å²) in [5.41, 5.74) is 3.27. The highest BCUT2D eigenvalue weighted by molar-refractivity contribution is 6.31. The molecule has 0 bridgehead atoms. The van der Waals surface area contributed by atoms with Crippen LogP contribution in [-0.4, -0.2) is 9.78 Å². The minimum absolute atomic E-state index is 0.574. The van der Waals surface area contributed by atoms with Gasteiger partial charge >= 0.3 is 0 Å². The van der Waals surface area contributed by atoms with Gasteiger partial charge in [-0.2, -0.15) is 10.4 Å². The van der Waals surface area contributed by atoms with Gasteiger partial charge in [-0.3, -0.25) is 4.68 Å². The lowest BCUT2D eigenvalue weighted by Crippen LogP contribution is -2.06. The van der Waals surface area contributed by atoms with E-state index >= 15 is 0 Å². The summed E-state index contributed by atoms with van der Waals surface area (Å²) in [4.78, 5) is 0. The Labute approximate surface area is 111 Å². The van der Waals surface area contributed by atoms with Gasteiger partial charge < -0.3 is 5.32 Å². The van der Waals surface area contributed by atoms with E-state index in [1.165, 1.54) is 0 Å². The molecule has 2 aromatic rings. The van der Waals surface area contributed by atoms with Crippen molar-refractivity contribution in [3.8, 4) is 6.07 Å². The second-order valence-electron chi connectivity index (χ2n) is 4.02. The van der Waals surface area contributed by atoms with E-state index in [0.29, 0.717) is 17.1 Å². The highest BCUT2D eigenvalue weighted by Crippen LogP contribution is 2.20. The van der Waals surface area contributed by atoms with Crippen LogP contribution in [-0.2, 0) is 13.6 Å². The van der Waals surface area contributed by atoms with Gasteiger partial charge in [0.2, 0.25) is 0 Å². The molecular weight excluding hydrogens is 248 g/mol. The van der Waals surface area contributed by atoms with E-state index in [2.05, 4.69) is 16.5 Å². The molecule has 92 valence electrons. The summed E-state index contributed by atoms with van der Waals surface area (Å²) in [6, 6.07) is 9.44. The lowest BCUT2D eigenvalue weighted by atomic mass is 10.2. The Morgan fingerprint density at radius 2 is 2.28 bits per heavy atom. The SMILES string of the molecule is Cc1nn(C)c(CNc2cccc(C#N)c2)c1Cl. The third-order valence-electron chi connectivity index (χ3n) is 2.71. The van der Waals surface area contributed by atoms with Crippen molar-refractivity contribution >= 4 is 17.3 Å². The Kier molecular flexibility index (Phi) is 3.54. The van der Waals surface area contributed by atoms with E-state index in [-0.39, 0.29) is 0 Å². The first kappa shape index (κ1) is 12.5. The van der Waals surface area contributed by atoms with Crippen LogP contribution in [0, 0.1) is 18.3 Å². The van der Waals surface area contributed by atoms with Crippen molar-refractivity contribution in [3.63, 3.8) is 0 Å². The van der Waals surface area contributed by atoms with Crippen molar-refractivity contribution in [2.45, 2.75) is 13.5 Å². The topological polar surface area (TPSA) is 53.6 Å². The van der Waals surface area contributed by atoms with Gasteiger partial charge in [-0.15, -0.1) is 0 Å². The molecule has 0 aliphatic rings. The van der Waals surface area contributed by atoms with Crippen LogP contribution in [0.15, 0.2) is 24.3 Å². The van der Waals surface area contributed by atoms with Crippen LogP contribution < -0.4 is 5.32 Å². The van der Waals surface area contributed by atoms with Crippen LogP contribution in [0.1, 0.15) is 17.0 Å². The molecule has 5 heteroatoms. The summed E-state index contributed by atoms with van der Waals surface area (Å²) in [7, 11) is 1.86. The molecule has 0 unspecified atom stereocenters. The van der Waals surface area contributed by atoms with E-state index in [4.69, 9.17) is 16.9 Å². The molecular formula is C13H13ClN4. The monoisotopic (exact) mass is 260 g/mol. The fourth-order valence-corrected chi connectivity index (χ4v) is 1.98. The third kappa shape index (κ3) is 2.47. The molecule has 1 aromatic carbocycles. The zero-order chi connectivity index (χ0) is 13.1. The minimum Gasteiger partial charge on any atom is -0.379 e. The molecule has 4 nitrogen and oxygen atoms in total. The van der Waals surface area contributed by atoms with Gasteiger partial charge in [0.1, 0.15) is 0 Å². The van der Waals surface area contributed by atoms with E-state index < -0.39 is 0 Å². The standard InChI is InChI=1S/C13H13ClN4/c1-9-13(14)12(18(2)17-9)8-16-11-5-3-4-10(6-11)7-15/h3-6,16H,8H2,1-2H3. The summed E-state index contributed by atoms with van der Waals surface area (Å²) in [5.74, 6) is 0. The van der Waals surface area contributed by atoms with Crippen LogP contribution >= 0.6 is 11.6 Å². The zero-order valence-electron chi connectivity index (χ0n) is 10.2. The Morgan fingerprint density at radius 3 is 2.89 bits per heavy atom. The average molecular weight is 261 g/mol. The molecule has 0 spiro atoms. The summed E-state index contributed by atoms with van der Waals surface area (Å²) < 4.78 is 1.76. The highest BCUT2D eigenvalue weighted by atomic mass is 35.5.